The summed E-state index contributed by atoms with van der Waals surface area (Å²) in [5, 5.41) is -1.41. The zero-order valence-electron chi connectivity index (χ0n) is 15.5. The molecule has 0 heterocycles. The summed E-state index contributed by atoms with van der Waals surface area (Å²) >= 11 is 48.3. The standard InChI is InChI=1S/C21H4Cl8O4/c22-10-6-7(11(23)15(27)14(10)26)19(31)4(18(6)30)2-1-3-5-20(32)8-9(21(5)33)13(25)17(29)16(28)12(8)24/h2-3H,1H2. The minimum absolute atomic E-state index is 0.144. The van der Waals surface area contributed by atoms with Crippen molar-refractivity contribution in [3.05, 3.63) is 85.7 Å². The van der Waals surface area contributed by atoms with Crippen molar-refractivity contribution in [2.75, 3.05) is 0 Å². The molecule has 0 saturated carbocycles. The first kappa shape index (κ1) is 25.0. The third kappa shape index (κ3) is 3.59. The molecule has 2 aliphatic rings. The average Bonchev–Trinajstić information content (AvgIpc) is 3.18. The van der Waals surface area contributed by atoms with Crippen molar-refractivity contribution < 1.29 is 19.2 Å². The summed E-state index contributed by atoms with van der Waals surface area (Å²) < 4.78 is 0. The Labute approximate surface area is 225 Å². The van der Waals surface area contributed by atoms with Gasteiger partial charge in [-0.15, -0.1) is 0 Å². The van der Waals surface area contributed by atoms with E-state index in [1.807, 2.05) is 0 Å². The molecule has 0 N–H and O–H groups in total. The van der Waals surface area contributed by atoms with E-state index in [9.17, 15) is 19.2 Å². The average molecular weight is 604 g/mol. The number of ketones is 4. The Morgan fingerprint density at radius 1 is 0.394 bits per heavy atom. The maximum Gasteiger partial charge on any atom is 0.199 e. The molecule has 4 nitrogen and oxygen atoms in total. The van der Waals surface area contributed by atoms with Crippen LogP contribution in [0, 0.1) is 0 Å². The van der Waals surface area contributed by atoms with Crippen molar-refractivity contribution in [1.82, 2.24) is 0 Å². The van der Waals surface area contributed by atoms with Gasteiger partial charge in [0.15, 0.2) is 23.1 Å². The minimum Gasteiger partial charge on any atom is -0.288 e. The van der Waals surface area contributed by atoms with Crippen LogP contribution in [0.25, 0.3) is 0 Å². The van der Waals surface area contributed by atoms with Crippen molar-refractivity contribution in [3.8, 4) is 0 Å². The summed E-state index contributed by atoms with van der Waals surface area (Å²) in [5.74, 6) is -2.85. The lowest BCUT2D eigenvalue weighted by atomic mass is 10.1. The molecule has 0 saturated heterocycles. The zero-order valence-corrected chi connectivity index (χ0v) is 21.6. The molecule has 2 aromatic rings. The van der Waals surface area contributed by atoms with Crippen LogP contribution in [-0.2, 0) is 0 Å². The first-order valence-electron chi connectivity index (χ1n) is 8.72. The lowest BCUT2D eigenvalue weighted by Gasteiger charge is -2.07. The third-order valence-electron chi connectivity index (χ3n) is 5.06. The van der Waals surface area contributed by atoms with Gasteiger partial charge in [0, 0.05) is 0 Å². The molecule has 33 heavy (non-hydrogen) atoms. The second-order valence-electron chi connectivity index (χ2n) is 6.80. The zero-order chi connectivity index (χ0) is 24.5. The van der Waals surface area contributed by atoms with E-state index in [4.69, 9.17) is 92.8 Å². The van der Waals surface area contributed by atoms with E-state index < -0.39 is 23.1 Å². The maximum atomic E-state index is 12.8. The summed E-state index contributed by atoms with van der Waals surface area (Å²) in [6.45, 7) is 0. The molecule has 0 bridgehead atoms. The molecule has 2 aliphatic carbocycles. The van der Waals surface area contributed by atoms with Crippen LogP contribution < -0.4 is 0 Å². The molecule has 0 fully saturated rings. The quantitative estimate of drug-likeness (QED) is 0.149. The second-order valence-corrected chi connectivity index (χ2v) is 9.82. The van der Waals surface area contributed by atoms with E-state index in [0.717, 1.165) is 0 Å². The Balaban J connectivity index is 1.72. The number of Topliss-reactive ketones (excluding diaryl/α,β-unsaturated/α-hetero) is 4. The molecule has 2 aromatic carbocycles. The van der Waals surface area contributed by atoms with Gasteiger partial charge in [0.1, 0.15) is 0 Å². The first-order valence-corrected chi connectivity index (χ1v) is 11.7. The monoisotopic (exact) mass is 600 g/mol. The number of benzene rings is 2. The smallest absolute Gasteiger partial charge is 0.199 e. The van der Waals surface area contributed by atoms with Crippen molar-refractivity contribution in [2.24, 2.45) is 0 Å². The van der Waals surface area contributed by atoms with Gasteiger partial charge < -0.3 is 0 Å². The predicted octanol–water partition coefficient (Wildman–Crippen LogP) is 8.61. The van der Waals surface area contributed by atoms with E-state index >= 15 is 0 Å². The number of rotatable bonds is 2. The van der Waals surface area contributed by atoms with Crippen LogP contribution in [0.1, 0.15) is 47.9 Å². The lowest BCUT2D eigenvalue weighted by Crippen LogP contribution is -2.02. The van der Waals surface area contributed by atoms with Gasteiger partial charge in [0.25, 0.3) is 0 Å². The van der Waals surface area contributed by atoms with Crippen molar-refractivity contribution in [2.45, 2.75) is 6.42 Å². The summed E-state index contributed by atoms with van der Waals surface area (Å²) in [7, 11) is 0. The number of hydrogen-bond acceptors (Lipinski definition) is 4. The van der Waals surface area contributed by atoms with Gasteiger partial charge in [-0.1, -0.05) is 105 Å². The molecule has 12 heteroatoms. The summed E-state index contributed by atoms with van der Waals surface area (Å²) in [6, 6.07) is 0. The topological polar surface area (TPSA) is 68.3 Å². The molecular formula is C21H4Cl8O4. The van der Waals surface area contributed by atoms with Crippen molar-refractivity contribution in [3.63, 3.8) is 0 Å². The third-order valence-corrected chi connectivity index (χ3v) is 8.67. The number of allylic oxidation sites excluding steroid dienone is 4. The predicted molar refractivity (Wildman–Crippen MR) is 131 cm³/mol. The van der Waals surface area contributed by atoms with Crippen LogP contribution in [0.2, 0.25) is 40.2 Å². The highest BCUT2D eigenvalue weighted by molar-refractivity contribution is 6.58. The first-order chi connectivity index (χ1) is 15.4. The Kier molecular flexibility index (Phi) is 6.71. The minimum atomic E-state index is -0.712. The Morgan fingerprint density at radius 2 is 0.606 bits per heavy atom. The summed E-state index contributed by atoms with van der Waals surface area (Å²) in [6.07, 6.45) is 2.33. The van der Waals surface area contributed by atoms with Crippen LogP contribution in [0.4, 0.5) is 0 Å². The van der Waals surface area contributed by atoms with Gasteiger partial charge in [-0.25, -0.2) is 0 Å². The van der Waals surface area contributed by atoms with Crippen LogP contribution in [0.5, 0.6) is 0 Å². The molecular weight excluding hydrogens is 600 g/mol. The number of halogens is 8. The van der Waals surface area contributed by atoms with Crippen molar-refractivity contribution in [1.29, 1.82) is 0 Å². The Morgan fingerprint density at radius 3 is 0.818 bits per heavy atom. The second kappa shape index (κ2) is 8.85. The molecule has 0 unspecified atom stereocenters. The SMILES string of the molecule is O=C1C(=CCC=C2C(=O)c3c(Cl)c(Cl)c(Cl)c(Cl)c3C2=O)C(=O)c2c(Cl)c(Cl)c(Cl)c(Cl)c21. The van der Waals surface area contributed by atoms with E-state index in [0.29, 0.717) is 0 Å². The van der Waals surface area contributed by atoms with Crippen molar-refractivity contribution >= 4 is 116 Å². The lowest BCUT2D eigenvalue weighted by molar-refractivity contribution is 0.0974. The largest absolute Gasteiger partial charge is 0.288 e. The molecule has 0 aliphatic heterocycles. The number of carbonyl (C=O) groups excluding carboxylic acids is 4. The van der Waals surface area contributed by atoms with Gasteiger partial charge in [-0.05, 0) is 6.42 Å². The normalized spacial score (nSPS) is 14.9. The summed E-state index contributed by atoms with van der Waals surface area (Å²) in [5.41, 5.74) is -1.18. The highest BCUT2D eigenvalue weighted by atomic mass is 35.5. The Bertz CT molecular complexity index is 1230. The van der Waals surface area contributed by atoms with Gasteiger partial charge in [-0.2, -0.15) is 0 Å². The molecule has 0 atom stereocenters. The van der Waals surface area contributed by atoms with E-state index in [1.54, 1.807) is 0 Å². The maximum absolute atomic E-state index is 12.8. The van der Waals surface area contributed by atoms with E-state index in [-0.39, 0.29) is 80.0 Å². The highest BCUT2D eigenvalue weighted by Crippen LogP contribution is 2.47. The Hall–Kier alpha value is -1.08. The molecule has 0 spiro atoms. The van der Waals surface area contributed by atoms with E-state index in [2.05, 4.69) is 0 Å². The molecule has 0 aromatic heterocycles. The van der Waals surface area contributed by atoms with Gasteiger partial charge in [0.2, 0.25) is 0 Å². The molecule has 4 rings (SSSR count). The fourth-order valence-corrected chi connectivity index (χ4v) is 5.58. The molecule has 168 valence electrons. The van der Waals surface area contributed by atoms with Crippen LogP contribution >= 0.6 is 92.8 Å². The van der Waals surface area contributed by atoms with Gasteiger partial charge in [0.05, 0.1) is 73.6 Å². The van der Waals surface area contributed by atoms with Gasteiger partial charge >= 0.3 is 0 Å². The number of hydrogen-bond donors (Lipinski definition) is 0. The number of carbonyl (C=O) groups is 4. The van der Waals surface area contributed by atoms with Crippen LogP contribution in [0.3, 0.4) is 0 Å². The number of fused-ring (bicyclic) bond motifs is 2. The van der Waals surface area contributed by atoms with Gasteiger partial charge in [-0.3, -0.25) is 19.2 Å². The fraction of sp³-hybridized carbons (Fsp3) is 0.0476. The molecule has 0 radical (unpaired) electrons. The molecule has 0 amide bonds. The van der Waals surface area contributed by atoms with Crippen LogP contribution in [-0.4, -0.2) is 23.1 Å². The summed E-state index contributed by atoms with van der Waals surface area (Å²) in [4.78, 5) is 51.2. The van der Waals surface area contributed by atoms with E-state index in [1.165, 1.54) is 12.2 Å². The van der Waals surface area contributed by atoms with Crippen LogP contribution in [0.15, 0.2) is 23.3 Å². The highest BCUT2D eigenvalue weighted by Gasteiger charge is 2.41. The fourth-order valence-electron chi connectivity index (χ4n) is 3.53.